The van der Waals surface area contributed by atoms with Gasteiger partial charge in [-0.3, -0.25) is 0 Å². The molecular formula is C31H27FO3. The maximum atomic E-state index is 14.2. The summed E-state index contributed by atoms with van der Waals surface area (Å²) in [6.45, 7) is 1.78. The first-order valence-corrected chi connectivity index (χ1v) is 11.5. The summed E-state index contributed by atoms with van der Waals surface area (Å²) in [5.74, 6) is -0.478. The largest absolute Gasteiger partial charge is 0.481 e. The van der Waals surface area contributed by atoms with Gasteiger partial charge in [-0.1, -0.05) is 109 Å². The van der Waals surface area contributed by atoms with Gasteiger partial charge in [0.05, 0.1) is 12.4 Å². The highest BCUT2D eigenvalue weighted by Gasteiger charge is 2.37. The molecule has 4 heteroatoms. The standard InChI is InChI=1S/C31H27FO3/c1-24(35-30(23-33)28-19-11-12-20-29(28)32)21-22-34-31(25-13-5-2-6-14-25,26-15-7-3-8-16-26)27-17-9-4-10-18-27/h2-24,30H,1H3. The average Bonchev–Trinajstić information content (AvgIpc) is 2.92. The van der Waals surface area contributed by atoms with Crippen molar-refractivity contribution in [2.24, 2.45) is 0 Å². The van der Waals surface area contributed by atoms with Gasteiger partial charge in [-0.05, 0) is 19.1 Å². The zero-order valence-corrected chi connectivity index (χ0v) is 19.5. The second-order valence-corrected chi connectivity index (χ2v) is 8.15. The van der Waals surface area contributed by atoms with Gasteiger partial charge >= 0.3 is 0 Å². The van der Waals surface area contributed by atoms with Crippen LogP contribution in [0.15, 0.2) is 128 Å². The summed E-state index contributed by atoms with van der Waals surface area (Å²) in [5.41, 5.74) is 2.19. The first-order valence-electron chi connectivity index (χ1n) is 11.5. The van der Waals surface area contributed by atoms with Crippen LogP contribution in [0.5, 0.6) is 0 Å². The molecule has 4 aromatic rings. The number of carbonyl (C=O) groups excluding carboxylic acids is 1. The lowest BCUT2D eigenvalue weighted by atomic mass is 9.80. The Kier molecular flexibility index (Phi) is 7.86. The molecule has 4 aromatic carbocycles. The summed E-state index contributed by atoms with van der Waals surface area (Å²) in [5, 5.41) is 0. The number of halogens is 1. The van der Waals surface area contributed by atoms with Gasteiger partial charge in [-0.2, -0.15) is 0 Å². The van der Waals surface area contributed by atoms with E-state index in [-0.39, 0.29) is 5.56 Å². The number of hydrogen-bond donors (Lipinski definition) is 0. The SMILES string of the molecule is CC(C=COC(c1ccccc1)(c1ccccc1)c1ccccc1)OC(C=O)c1ccccc1F. The van der Waals surface area contributed by atoms with E-state index in [1.165, 1.54) is 6.07 Å². The molecule has 0 amide bonds. The van der Waals surface area contributed by atoms with Gasteiger partial charge in [0.25, 0.3) is 0 Å². The van der Waals surface area contributed by atoms with E-state index >= 15 is 0 Å². The summed E-state index contributed by atoms with van der Waals surface area (Å²) in [4.78, 5) is 11.6. The van der Waals surface area contributed by atoms with Crippen LogP contribution in [0.25, 0.3) is 0 Å². The Morgan fingerprint density at radius 3 is 1.63 bits per heavy atom. The number of benzene rings is 4. The molecule has 0 aliphatic rings. The fraction of sp³-hybridized carbons (Fsp3) is 0.129. The zero-order valence-electron chi connectivity index (χ0n) is 19.5. The third-order valence-corrected chi connectivity index (χ3v) is 5.83. The predicted octanol–water partition coefficient (Wildman–Crippen LogP) is 6.99. The van der Waals surface area contributed by atoms with Gasteiger partial charge in [0.1, 0.15) is 11.9 Å². The van der Waals surface area contributed by atoms with Gasteiger partial charge in [0, 0.05) is 22.3 Å². The molecule has 0 bridgehead atoms. The van der Waals surface area contributed by atoms with E-state index in [1.807, 2.05) is 91.0 Å². The summed E-state index contributed by atoms with van der Waals surface area (Å²) in [7, 11) is 0. The van der Waals surface area contributed by atoms with Crippen LogP contribution >= 0.6 is 0 Å². The van der Waals surface area contributed by atoms with Crippen LogP contribution in [0.1, 0.15) is 35.3 Å². The fourth-order valence-corrected chi connectivity index (χ4v) is 4.14. The first kappa shape index (κ1) is 24.1. The maximum absolute atomic E-state index is 14.2. The van der Waals surface area contributed by atoms with Crippen molar-refractivity contribution in [2.45, 2.75) is 24.7 Å². The summed E-state index contributed by atoms with van der Waals surface area (Å²) in [6, 6.07) is 36.1. The van der Waals surface area contributed by atoms with E-state index in [1.54, 1.807) is 37.5 Å². The van der Waals surface area contributed by atoms with E-state index < -0.39 is 23.6 Å². The monoisotopic (exact) mass is 466 g/mol. The van der Waals surface area contributed by atoms with Crippen molar-refractivity contribution in [1.29, 1.82) is 0 Å². The molecule has 2 atom stereocenters. The quantitative estimate of drug-likeness (QED) is 0.143. The number of ether oxygens (including phenoxy) is 2. The summed E-state index contributed by atoms with van der Waals surface area (Å²) < 4.78 is 26.6. The Morgan fingerprint density at radius 1 is 0.714 bits per heavy atom. The smallest absolute Gasteiger partial charge is 0.183 e. The molecule has 0 aromatic heterocycles. The molecule has 0 saturated heterocycles. The minimum Gasteiger partial charge on any atom is -0.481 e. The highest BCUT2D eigenvalue weighted by atomic mass is 19.1. The molecule has 0 spiro atoms. The van der Waals surface area contributed by atoms with Gasteiger partial charge in [-0.15, -0.1) is 0 Å². The highest BCUT2D eigenvalue weighted by Crippen LogP contribution is 2.40. The van der Waals surface area contributed by atoms with Crippen LogP contribution < -0.4 is 0 Å². The number of carbonyl (C=O) groups is 1. The van der Waals surface area contributed by atoms with E-state index in [2.05, 4.69) is 0 Å². The Bertz CT molecular complexity index is 1140. The molecule has 3 nitrogen and oxygen atoms in total. The van der Waals surface area contributed by atoms with E-state index in [0.29, 0.717) is 6.29 Å². The molecule has 176 valence electrons. The molecule has 2 unspecified atom stereocenters. The van der Waals surface area contributed by atoms with Crippen LogP contribution in [-0.4, -0.2) is 12.4 Å². The number of hydrogen-bond acceptors (Lipinski definition) is 3. The molecule has 0 radical (unpaired) electrons. The molecule has 0 aliphatic heterocycles. The topological polar surface area (TPSA) is 35.5 Å². The Balaban J connectivity index is 1.66. The zero-order chi connectivity index (χ0) is 24.5. The molecular weight excluding hydrogens is 439 g/mol. The van der Waals surface area contributed by atoms with Crippen molar-refractivity contribution in [1.82, 2.24) is 0 Å². The Hall–Kier alpha value is -4.02. The first-order chi connectivity index (χ1) is 17.1. The predicted molar refractivity (Wildman–Crippen MR) is 135 cm³/mol. The molecule has 0 heterocycles. The van der Waals surface area contributed by atoms with Crippen molar-refractivity contribution in [3.05, 3.63) is 156 Å². The van der Waals surface area contributed by atoms with Gasteiger partial charge in [-0.25, -0.2) is 4.39 Å². The van der Waals surface area contributed by atoms with Gasteiger partial charge in [0.15, 0.2) is 11.9 Å². The summed E-state index contributed by atoms with van der Waals surface area (Å²) in [6.07, 6.45) is 2.40. The lowest BCUT2D eigenvalue weighted by Crippen LogP contribution is -2.31. The third kappa shape index (κ3) is 5.39. The van der Waals surface area contributed by atoms with Crippen molar-refractivity contribution >= 4 is 6.29 Å². The fourth-order valence-electron chi connectivity index (χ4n) is 4.14. The van der Waals surface area contributed by atoms with Crippen LogP contribution in [0, 0.1) is 5.82 Å². The van der Waals surface area contributed by atoms with Crippen molar-refractivity contribution < 1.29 is 18.7 Å². The molecule has 0 fully saturated rings. The van der Waals surface area contributed by atoms with E-state index in [0.717, 1.165) is 16.7 Å². The Morgan fingerprint density at radius 2 is 1.17 bits per heavy atom. The number of aldehydes is 1. The third-order valence-electron chi connectivity index (χ3n) is 5.83. The average molecular weight is 467 g/mol. The molecule has 0 aliphatic carbocycles. The van der Waals surface area contributed by atoms with Gasteiger partial charge < -0.3 is 14.3 Å². The Labute approximate surface area is 205 Å². The van der Waals surface area contributed by atoms with Crippen LogP contribution in [-0.2, 0) is 19.9 Å². The normalized spacial score (nSPS) is 13.3. The molecule has 0 saturated carbocycles. The maximum Gasteiger partial charge on any atom is 0.183 e. The lowest BCUT2D eigenvalue weighted by Gasteiger charge is -2.35. The van der Waals surface area contributed by atoms with Crippen molar-refractivity contribution in [3.8, 4) is 0 Å². The van der Waals surface area contributed by atoms with E-state index in [9.17, 15) is 9.18 Å². The molecule has 0 N–H and O–H groups in total. The molecule has 35 heavy (non-hydrogen) atoms. The van der Waals surface area contributed by atoms with Crippen molar-refractivity contribution in [2.75, 3.05) is 0 Å². The van der Waals surface area contributed by atoms with Gasteiger partial charge in [0.2, 0.25) is 0 Å². The van der Waals surface area contributed by atoms with Crippen LogP contribution in [0.3, 0.4) is 0 Å². The number of rotatable bonds is 10. The highest BCUT2D eigenvalue weighted by molar-refractivity contribution is 5.60. The molecule has 4 rings (SSSR count). The minimum atomic E-state index is -1.02. The lowest BCUT2D eigenvalue weighted by molar-refractivity contribution is -0.120. The van der Waals surface area contributed by atoms with Crippen LogP contribution in [0.2, 0.25) is 0 Å². The van der Waals surface area contributed by atoms with Crippen LogP contribution in [0.4, 0.5) is 4.39 Å². The van der Waals surface area contributed by atoms with Crippen molar-refractivity contribution in [3.63, 3.8) is 0 Å². The summed E-state index contributed by atoms with van der Waals surface area (Å²) >= 11 is 0. The second-order valence-electron chi connectivity index (χ2n) is 8.15. The minimum absolute atomic E-state index is 0.205. The van der Waals surface area contributed by atoms with E-state index in [4.69, 9.17) is 9.47 Å². The second kappa shape index (κ2) is 11.4.